The van der Waals surface area contributed by atoms with Gasteiger partial charge in [-0.3, -0.25) is 4.40 Å². The third-order valence-electron chi connectivity index (χ3n) is 3.60. The normalized spacial score (nSPS) is 11.6. The molecule has 0 aliphatic rings. The number of aromatic nitrogens is 2. The zero-order valence-corrected chi connectivity index (χ0v) is 15.8. The second-order valence-corrected chi connectivity index (χ2v) is 7.02. The molecule has 3 aromatic heterocycles. The maximum atomic E-state index is 6.23. The van der Waals surface area contributed by atoms with Crippen molar-refractivity contribution in [3.63, 3.8) is 0 Å². The van der Waals surface area contributed by atoms with E-state index >= 15 is 0 Å². The van der Waals surface area contributed by atoms with Gasteiger partial charge in [-0.15, -0.1) is 0 Å². The molecule has 0 saturated heterocycles. The zero-order chi connectivity index (χ0) is 17.4. The number of rotatable bonds is 3. The Morgan fingerprint density at radius 3 is 2.80 bits per heavy atom. The summed E-state index contributed by atoms with van der Waals surface area (Å²) in [6.07, 6.45) is 5.21. The van der Waals surface area contributed by atoms with Crippen LogP contribution in [0, 0.1) is 0 Å². The van der Waals surface area contributed by atoms with Crippen molar-refractivity contribution in [1.29, 1.82) is 0 Å². The number of benzene rings is 1. The summed E-state index contributed by atoms with van der Waals surface area (Å²) in [5, 5.41) is 1.11. The fourth-order valence-electron chi connectivity index (χ4n) is 2.45. The largest absolute Gasteiger partial charge is 0.463 e. The number of furan rings is 1. The number of pyridine rings is 1. The van der Waals surface area contributed by atoms with Gasteiger partial charge in [-0.25, -0.2) is 9.98 Å². The molecule has 1 aromatic carbocycles. The van der Waals surface area contributed by atoms with Crippen LogP contribution in [0.1, 0.15) is 5.56 Å². The van der Waals surface area contributed by atoms with Crippen LogP contribution in [-0.4, -0.2) is 15.6 Å². The minimum absolute atomic E-state index is 0.533. The first-order chi connectivity index (χ1) is 12.1. The number of hydrogen-bond donors (Lipinski definition) is 0. The van der Waals surface area contributed by atoms with E-state index < -0.39 is 0 Å². The SMILES string of the molecule is Clc1ccc(C=Nc2c(-c3ccco3)nc3ccc(Br)cn23)c(Cl)c1. The lowest BCUT2D eigenvalue weighted by atomic mass is 10.2. The van der Waals surface area contributed by atoms with Gasteiger partial charge in [0.25, 0.3) is 0 Å². The standard InChI is InChI=1S/C18H10BrCl2N3O/c19-12-4-6-16-23-17(15-2-1-7-25-15)18(24(16)10-12)22-9-11-3-5-13(20)8-14(11)21/h1-10H. The highest BCUT2D eigenvalue weighted by atomic mass is 79.9. The summed E-state index contributed by atoms with van der Waals surface area (Å²) in [5.41, 5.74) is 2.19. The molecule has 0 unspecified atom stereocenters. The van der Waals surface area contributed by atoms with Crippen molar-refractivity contribution in [2.75, 3.05) is 0 Å². The maximum Gasteiger partial charge on any atom is 0.168 e. The second kappa shape index (κ2) is 6.67. The molecule has 4 rings (SSSR count). The summed E-state index contributed by atoms with van der Waals surface area (Å²) in [7, 11) is 0. The molecule has 0 aliphatic carbocycles. The third kappa shape index (κ3) is 3.23. The van der Waals surface area contributed by atoms with E-state index in [9.17, 15) is 0 Å². The average Bonchev–Trinajstić information content (AvgIpc) is 3.21. The minimum Gasteiger partial charge on any atom is -0.463 e. The van der Waals surface area contributed by atoms with Gasteiger partial charge in [0.1, 0.15) is 5.65 Å². The number of halogens is 3. The quantitative estimate of drug-likeness (QED) is 0.349. The van der Waals surface area contributed by atoms with Gasteiger partial charge < -0.3 is 4.42 Å². The Morgan fingerprint density at radius 2 is 2.04 bits per heavy atom. The Morgan fingerprint density at radius 1 is 1.16 bits per heavy atom. The summed E-state index contributed by atoms with van der Waals surface area (Å²) < 4.78 is 8.32. The fourth-order valence-corrected chi connectivity index (χ4v) is 3.24. The number of hydrogen-bond acceptors (Lipinski definition) is 3. The molecular formula is C18H10BrCl2N3O. The molecule has 0 fully saturated rings. The fraction of sp³-hybridized carbons (Fsp3) is 0. The summed E-state index contributed by atoms with van der Waals surface area (Å²) >= 11 is 15.7. The summed E-state index contributed by atoms with van der Waals surface area (Å²) in [6.45, 7) is 0. The van der Waals surface area contributed by atoms with Gasteiger partial charge in [0, 0.05) is 27.5 Å². The van der Waals surface area contributed by atoms with Crippen molar-refractivity contribution in [2.24, 2.45) is 4.99 Å². The van der Waals surface area contributed by atoms with Crippen molar-refractivity contribution in [3.05, 3.63) is 75.0 Å². The van der Waals surface area contributed by atoms with Gasteiger partial charge >= 0.3 is 0 Å². The first-order valence-electron chi connectivity index (χ1n) is 7.32. The molecule has 25 heavy (non-hydrogen) atoms. The summed E-state index contributed by atoms with van der Waals surface area (Å²) in [4.78, 5) is 9.24. The first kappa shape index (κ1) is 16.4. The number of nitrogens with zero attached hydrogens (tertiary/aromatic N) is 3. The Labute approximate surface area is 161 Å². The Bertz CT molecular complexity index is 1090. The highest BCUT2D eigenvalue weighted by molar-refractivity contribution is 9.10. The van der Waals surface area contributed by atoms with E-state index in [2.05, 4.69) is 25.9 Å². The van der Waals surface area contributed by atoms with Gasteiger partial charge in [0.15, 0.2) is 17.3 Å². The van der Waals surface area contributed by atoms with Crippen LogP contribution in [0.4, 0.5) is 5.82 Å². The molecule has 0 bridgehead atoms. The molecule has 0 amide bonds. The lowest BCUT2D eigenvalue weighted by Gasteiger charge is -2.01. The lowest BCUT2D eigenvalue weighted by molar-refractivity contribution is 0.580. The Hall–Kier alpha value is -2.08. The van der Waals surface area contributed by atoms with E-state index in [1.807, 2.05) is 40.9 Å². The molecule has 0 N–H and O–H groups in total. The third-order valence-corrected chi connectivity index (χ3v) is 4.63. The lowest BCUT2D eigenvalue weighted by Crippen LogP contribution is -1.86. The van der Waals surface area contributed by atoms with Crippen molar-refractivity contribution in [3.8, 4) is 11.5 Å². The van der Waals surface area contributed by atoms with E-state index in [-0.39, 0.29) is 0 Å². The predicted molar refractivity (Wildman–Crippen MR) is 104 cm³/mol. The molecule has 0 radical (unpaired) electrons. The van der Waals surface area contributed by atoms with Gasteiger partial charge in [0.05, 0.1) is 11.3 Å². The number of aliphatic imine (C=N–C) groups is 1. The maximum absolute atomic E-state index is 6.23. The first-order valence-corrected chi connectivity index (χ1v) is 8.87. The van der Waals surface area contributed by atoms with E-state index in [4.69, 9.17) is 27.6 Å². The van der Waals surface area contributed by atoms with Crippen molar-refractivity contribution >= 4 is 56.8 Å². The summed E-state index contributed by atoms with van der Waals surface area (Å²) in [6, 6.07) is 12.8. The minimum atomic E-state index is 0.533. The summed E-state index contributed by atoms with van der Waals surface area (Å²) in [5.74, 6) is 1.30. The van der Waals surface area contributed by atoms with Crippen LogP contribution < -0.4 is 0 Å². The molecule has 0 aliphatic heterocycles. The van der Waals surface area contributed by atoms with Gasteiger partial charge in [-0.2, -0.15) is 0 Å². The van der Waals surface area contributed by atoms with Gasteiger partial charge in [0.2, 0.25) is 0 Å². The smallest absolute Gasteiger partial charge is 0.168 e. The Kier molecular flexibility index (Phi) is 4.37. The average molecular weight is 435 g/mol. The van der Waals surface area contributed by atoms with E-state index in [0.717, 1.165) is 15.7 Å². The Balaban J connectivity index is 1.88. The van der Waals surface area contributed by atoms with Crippen molar-refractivity contribution < 1.29 is 4.42 Å². The van der Waals surface area contributed by atoms with Crippen molar-refractivity contribution in [1.82, 2.24) is 9.38 Å². The molecule has 7 heteroatoms. The second-order valence-electron chi connectivity index (χ2n) is 5.26. The van der Waals surface area contributed by atoms with Crippen LogP contribution in [0.15, 0.2) is 68.8 Å². The topological polar surface area (TPSA) is 42.8 Å². The van der Waals surface area contributed by atoms with Crippen LogP contribution in [0.2, 0.25) is 10.0 Å². The van der Waals surface area contributed by atoms with Crippen LogP contribution in [-0.2, 0) is 0 Å². The number of fused-ring (bicyclic) bond motifs is 1. The van der Waals surface area contributed by atoms with Gasteiger partial charge in [-0.05, 0) is 52.3 Å². The molecule has 0 atom stereocenters. The molecule has 3 heterocycles. The van der Waals surface area contributed by atoms with E-state index in [1.54, 1.807) is 24.6 Å². The van der Waals surface area contributed by atoms with E-state index in [1.165, 1.54) is 0 Å². The van der Waals surface area contributed by atoms with Crippen LogP contribution in [0.25, 0.3) is 17.1 Å². The molecule has 0 saturated carbocycles. The van der Waals surface area contributed by atoms with Crippen LogP contribution in [0.5, 0.6) is 0 Å². The molecular weight excluding hydrogens is 425 g/mol. The van der Waals surface area contributed by atoms with Crippen molar-refractivity contribution in [2.45, 2.75) is 0 Å². The zero-order valence-electron chi connectivity index (χ0n) is 12.7. The van der Waals surface area contributed by atoms with Gasteiger partial charge in [-0.1, -0.05) is 29.3 Å². The highest BCUT2D eigenvalue weighted by Crippen LogP contribution is 2.32. The molecule has 124 valence electrons. The molecule has 0 spiro atoms. The molecule has 4 aromatic rings. The predicted octanol–water partition coefficient (Wildman–Crippen LogP) is 6.41. The monoisotopic (exact) mass is 433 g/mol. The highest BCUT2D eigenvalue weighted by Gasteiger charge is 2.15. The van der Waals surface area contributed by atoms with E-state index in [0.29, 0.717) is 27.3 Å². The van der Waals surface area contributed by atoms with Crippen LogP contribution in [0.3, 0.4) is 0 Å². The molecule has 4 nitrogen and oxygen atoms in total. The van der Waals surface area contributed by atoms with Crippen LogP contribution >= 0.6 is 39.1 Å². The number of imidazole rings is 1.